The van der Waals surface area contributed by atoms with Gasteiger partial charge in [-0.2, -0.15) is 0 Å². The highest BCUT2D eigenvalue weighted by atomic mass is 35.5. The van der Waals surface area contributed by atoms with Crippen molar-refractivity contribution in [1.29, 1.82) is 0 Å². The first kappa shape index (κ1) is 8.06. The second-order valence-corrected chi connectivity index (χ2v) is 2.29. The van der Waals surface area contributed by atoms with Crippen LogP contribution < -0.4 is 0 Å². The van der Waals surface area contributed by atoms with Crippen LogP contribution in [0, 0.1) is 11.8 Å². The van der Waals surface area contributed by atoms with E-state index in [1.54, 1.807) is 12.3 Å². The summed E-state index contributed by atoms with van der Waals surface area (Å²) in [5, 5.41) is 8.92. The Morgan fingerprint density at radius 1 is 1.55 bits per heavy atom. The van der Waals surface area contributed by atoms with Crippen molar-refractivity contribution in [2.24, 2.45) is 0 Å². The van der Waals surface area contributed by atoms with E-state index in [0.29, 0.717) is 10.6 Å². The van der Waals surface area contributed by atoms with E-state index in [0.717, 1.165) is 0 Å². The fraction of sp³-hybridized carbons (Fsp3) is 0.125. The number of aliphatic hydroxyl groups excluding tert-OH is 1. The van der Waals surface area contributed by atoms with Crippen LogP contribution in [-0.4, -0.2) is 16.7 Å². The van der Waals surface area contributed by atoms with E-state index in [-0.39, 0.29) is 6.61 Å². The predicted octanol–water partition coefficient (Wildman–Crippen LogP) is 1.08. The molecule has 0 saturated carbocycles. The van der Waals surface area contributed by atoms with E-state index in [1.807, 2.05) is 0 Å². The summed E-state index contributed by atoms with van der Waals surface area (Å²) in [5.41, 5.74) is 0.714. The fourth-order valence-electron chi connectivity index (χ4n) is 0.622. The lowest BCUT2D eigenvalue weighted by atomic mass is 10.3. The van der Waals surface area contributed by atoms with E-state index in [2.05, 4.69) is 16.8 Å². The molecule has 0 aliphatic carbocycles. The third kappa shape index (κ3) is 2.58. The second-order valence-electron chi connectivity index (χ2n) is 1.85. The Labute approximate surface area is 69.8 Å². The molecular weight excluding hydrogens is 162 g/mol. The summed E-state index contributed by atoms with van der Waals surface area (Å²) in [6.45, 7) is -0.146. The monoisotopic (exact) mass is 167 g/mol. The van der Waals surface area contributed by atoms with Gasteiger partial charge in [0.05, 0.1) is 5.02 Å². The van der Waals surface area contributed by atoms with Crippen molar-refractivity contribution in [2.45, 2.75) is 0 Å². The summed E-state index contributed by atoms with van der Waals surface area (Å²) in [4.78, 5) is 3.82. The minimum atomic E-state index is -0.146. The van der Waals surface area contributed by atoms with E-state index < -0.39 is 0 Å². The number of nitrogens with zero attached hydrogens (tertiary/aromatic N) is 1. The van der Waals surface area contributed by atoms with E-state index >= 15 is 0 Å². The molecule has 1 rings (SSSR count). The largest absolute Gasteiger partial charge is 0.384 e. The van der Waals surface area contributed by atoms with Crippen LogP contribution >= 0.6 is 11.6 Å². The average Bonchev–Trinajstić information content (AvgIpc) is 2.01. The van der Waals surface area contributed by atoms with Crippen LogP contribution in [0.25, 0.3) is 0 Å². The van der Waals surface area contributed by atoms with E-state index in [1.165, 1.54) is 6.20 Å². The van der Waals surface area contributed by atoms with Crippen LogP contribution in [0.4, 0.5) is 0 Å². The van der Waals surface area contributed by atoms with Gasteiger partial charge < -0.3 is 5.11 Å². The Morgan fingerprint density at radius 2 is 2.36 bits per heavy atom. The zero-order valence-electron chi connectivity index (χ0n) is 5.71. The molecule has 0 radical (unpaired) electrons. The molecule has 1 aromatic rings. The van der Waals surface area contributed by atoms with Crippen molar-refractivity contribution in [1.82, 2.24) is 4.98 Å². The summed E-state index contributed by atoms with van der Waals surface area (Å²) >= 11 is 5.63. The minimum Gasteiger partial charge on any atom is -0.384 e. The number of aliphatic hydroxyl groups is 1. The van der Waals surface area contributed by atoms with Gasteiger partial charge in [-0.15, -0.1) is 0 Å². The molecule has 1 N–H and O–H groups in total. The molecule has 0 aliphatic rings. The lowest BCUT2D eigenvalue weighted by Crippen LogP contribution is -1.78. The molecular formula is C8H6ClNO. The summed E-state index contributed by atoms with van der Waals surface area (Å²) in [6.07, 6.45) is 3.13. The van der Waals surface area contributed by atoms with Gasteiger partial charge in [-0.05, 0) is 6.07 Å². The topological polar surface area (TPSA) is 33.1 Å². The van der Waals surface area contributed by atoms with E-state index in [9.17, 15) is 0 Å². The Kier molecular flexibility index (Phi) is 2.91. The normalized spacial score (nSPS) is 8.55. The molecule has 2 nitrogen and oxygen atoms in total. The van der Waals surface area contributed by atoms with Crippen LogP contribution in [0.2, 0.25) is 5.02 Å². The van der Waals surface area contributed by atoms with Gasteiger partial charge in [-0.3, -0.25) is 4.98 Å². The zero-order valence-corrected chi connectivity index (χ0v) is 6.47. The van der Waals surface area contributed by atoms with Gasteiger partial charge in [-0.1, -0.05) is 23.4 Å². The third-order valence-electron chi connectivity index (χ3n) is 1.02. The first-order valence-electron chi connectivity index (χ1n) is 3.03. The Morgan fingerprint density at radius 3 is 3.00 bits per heavy atom. The molecule has 1 heterocycles. The van der Waals surface area contributed by atoms with Gasteiger partial charge in [-0.25, -0.2) is 0 Å². The van der Waals surface area contributed by atoms with Crippen molar-refractivity contribution < 1.29 is 5.11 Å². The molecule has 0 unspecified atom stereocenters. The van der Waals surface area contributed by atoms with Crippen LogP contribution in [0.5, 0.6) is 0 Å². The first-order valence-corrected chi connectivity index (χ1v) is 3.41. The van der Waals surface area contributed by atoms with Gasteiger partial charge in [0.15, 0.2) is 0 Å². The number of aromatic nitrogens is 1. The van der Waals surface area contributed by atoms with Gasteiger partial charge in [0.1, 0.15) is 6.61 Å². The van der Waals surface area contributed by atoms with Crippen molar-refractivity contribution in [3.8, 4) is 11.8 Å². The predicted molar refractivity (Wildman–Crippen MR) is 43.2 cm³/mol. The Hall–Kier alpha value is -1.04. The van der Waals surface area contributed by atoms with Crippen LogP contribution in [0.15, 0.2) is 18.5 Å². The first-order chi connectivity index (χ1) is 5.33. The smallest absolute Gasteiger partial charge is 0.104 e. The molecule has 0 fully saturated rings. The maximum Gasteiger partial charge on any atom is 0.104 e. The van der Waals surface area contributed by atoms with E-state index in [4.69, 9.17) is 16.7 Å². The number of hydrogen-bond acceptors (Lipinski definition) is 2. The lowest BCUT2D eigenvalue weighted by Gasteiger charge is -1.88. The van der Waals surface area contributed by atoms with Crippen molar-refractivity contribution in [2.75, 3.05) is 6.61 Å². The maximum atomic E-state index is 8.37. The SMILES string of the molecule is OCC#Cc1cncc(Cl)c1. The highest BCUT2D eigenvalue weighted by Crippen LogP contribution is 2.06. The molecule has 0 aromatic carbocycles. The molecule has 0 atom stereocenters. The van der Waals surface area contributed by atoms with Crippen molar-refractivity contribution in [3.63, 3.8) is 0 Å². The van der Waals surface area contributed by atoms with Gasteiger partial charge in [0.2, 0.25) is 0 Å². The molecule has 0 bridgehead atoms. The van der Waals surface area contributed by atoms with Crippen LogP contribution in [-0.2, 0) is 0 Å². The average molecular weight is 168 g/mol. The standard InChI is InChI=1S/C8H6ClNO/c9-8-4-7(2-1-3-11)5-10-6-8/h4-6,11H,3H2. The quantitative estimate of drug-likeness (QED) is 0.587. The summed E-state index contributed by atoms with van der Waals surface area (Å²) in [7, 11) is 0. The summed E-state index contributed by atoms with van der Waals surface area (Å²) < 4.78 is 0. The molecule has 0 aliphatic heterocycles. The number of halogens is 1. The highest BCUT2D eigenvalue weighted by molar-refractivity contribution is 6.30. The Bertz CT molecular complexity index is 300. The molecule has 11 heavy (non-hydrogen) atoms. The molecule has 0 saturated heterocycles. The minimum absolute atomic E-state index is 0.146. The Balaban J connectivity index is 2.87. The van der Waals surface area contributed by atoms with Gasteiger partial charge >= 0.3 is 0 Å². The molecule has 0 spiro atoms. The zero-order chi connectivity index (χ0) is 8.10. The lowest BCUT2D eigenvalue weighted by molar-refractivity contribution is 0.350. The van der Waals surface area contributed by atoms with Gasteiger partial charge in [0.25, 0.3) is 0 Å². The molecule has 0 amide bonds. The van der Waals surface area contributed by atoms with Gasteiger partial charge in [0, 0.05) is 18.0 Å². The molecule has 1 aromatic heterocycles. The summed E-state index contributed by atoms with van der Waals surface area (Å²) in [6, 6.07) is 1.69. The van der Waals surface area contributed by atoms with Crippen molar-refractivity contribution >= 4 is 11.6 Å². The molecule has 3 heteroatoms. The third-order valence-corrected chi connectivity index (χ3v) is 1.22. The second kappa shape index (κ2) is 3.97. The number of pyridine rings is 1. The summed E-state index contributed by atoms with van der Waals surface area (Å²) in [5.74, 6) is 5.19. The number of hydrogen-bond donors (Lipinski definition) is 1. The van der Waals surface area contributed by atoms with Crippen LogP contribution in [0.3, 0.4) is 0 Å². The van der Waals surface area contributed by atoms with Crippen LogP contribution in [0.1, 0.15) is 5.56 Å². The highest BCUT2D eigenvalue weighted by Gasteiger charge is 1.88. The van der Waals surface area contributed by atoms with Crippen molar-refractivity contribution in [3.05, 3.63) is 29.0 Å². The fourth-order valence-corrected chi connectivity index (χ4v) is 0.796. The molecule has 56 valence electrons. The maximum absolute atomic E-state index is 8.37. The number of rotatable bonds is 0.